The van der Waals surface area contributed by atoms with Crippen LogP contribution in [0.1, 0.15) is 25.3 Å². The number of methoxy groups -OCH3 is 1. The minimum atomic E-state index is -0.864. The van der Waals surface area contributed by atoms with Crippen molar-refractivity contribution in [1.29, 1.82) is 0 Å². The number of ether oxygens (including phenoxy) is 1. The Balaban J connectivity index is 2.15. The van der Waals surface area contributed by atoms with Gasteiger partial charge in [0.15, 0.2) is 11.6 Å². The first-order chi connectivity index (χ1) is 12.5. The molecule has 0 fully saturated rings. The summed E-state index contributed by atoms with van der Waals surface area (Å²) in [6.45, 7) is 5.46. The lowest BCUT2D eigenvalue weighted by molar-refractivity contribution is 0.210. The van der Waals surface area contributed by atoms with Gasteiger partial charge in [-0.2, -0.15) is 0 Å². The van der Waals surface area contributed by atoms with Gasteiger partial charge in [-0.15, -0.1) is 0 Å². The predicted molar refractivity (Wildman–Crippen MR) is 102 cm³/mol. The van der Waals surface area contributed by atoms with E-state index in [0.29, 0.717) is 24.6 Å². The largest absolute Gasteiger partial charge is 0.383 e. The van der Waals surface area contributed by atoms with Crippen molar-refractivity contribution >= 4 is 16.6 Å². The van der Waals surface area contributed by atoms with Gasteiger partial charge in [0.25, 0.3) is 0 Å². The monoisotopic (exact) mass is 356 g/mol. The van der Waals surface area contributed by atoms with E-state index >= 15 is 0 Å². The van der Waals surface area contributed by atoms with E-state index in [4.69, 9.17) is 4.74 Å². The van der Waals surface area contributed by atoms with Crippen molar-refractivity contribution in [2.45, 2.75) is 19.8 Å². The van der Waals surface area contributed by atoms with E-state index in [9.17, 15) is 8.78 Å². The van der Waals surface area contributed by atoms with Crippen LogP contribution in [0.4, 0.5) is 14.6 Å². The molecule has 1 aromatic heterocycles. The smallest absolute Gasteiger partial charge is 0.159 e. The van der Waals surface area contributed by atoms with Gasteiger partial charge in [-0.05, 0) is 40.6 Å². The molecule has 0 amide bonds. The van der Waals surface area contributed by atoms with E-state index < -0.39 is 11.6 Å². The van der Waals surface area contributed by atoms with Crippen LogP contribution in [0, 0.1) is 11.6 Å². The molecule has 1 heterocycles. The molecule has 136 valence electrons. The first-order valence-corrected chi connectivity index (χ1v) is 8.62. The zero-order valence-electron chi connectivity index (χ0n) is 15.1. The molecular formula is C21H22F2N2O. The molecule has 2 aromatic carbocycles. The van der Waals surface area contributed by atoms with Crippen molar-refractivity contribution in [2.75, 3.05) is 25.6 Å². The number of aromatic nitrogens is 1. The Morgan fingerprint density at radius 3 is 2.54 bits per heavy atom. The molecule has 5 heteroatoms. The highest BCUT2D eigenvalue weighted by molar-refractivity contribution is 6.02. The maximum Gasteiger partial charge on any atom is 0.159 e. The first kappa shape index (κ1) is 18.3. The summed E-state index contributed by atoms with van der Waals surface area (Å²) in [7, 11) is 1.65. The fraction of sp³-hybridized carbons (Fsp3) is 0.286. The van der Waals surface area contributed by atoms with Gasteiger partial charge in [0, 0.05) is 30.8 Å². The summed E-state index contributed by atoms with van der Waals surface area (Å²) in [6.07, 6.45) is 1.69. The van der Waals surface area contributed by atoms with Crippen LogP contribution in [0.15, 0.2) is 42.6 Å². The number of anilines is 1. The van der Waals surface area contributed by atoms with Gasteiger partial charge in [-0.25, -0.2) is 13.8 Å². The molecule has 3 aromatic rings. The fourth-order valence-electron chi connectivity index (χ4n) is 2.93. The molecule has 0 unspecified atom stereocenters. The normalized spacial score (nSPS) is 11.3. The third-order valence-corrected chi connectivity index (χ3v) is 4.41. The zero-order valence-corrected chi connectivity index (χ0v) is 15.1. The number of nitrogens with one attached hydrogen (secondary N) is 1. The fourth-order valence-corrected chi connectivity index (χ4v) is 2.93. The number of hydrogen-bond donors (Lipinski definition) is 1. The van der Waals surface area contributed by atoms with Gasteiger partial charge in [-0.1, -0.05) is 32.0 Å². The molecule has 0 radical (unpaired) electrons. The molecular weight excluding hydrogens is 334 g/mol. The highest BCUT2D eigenvalue weighted by Gasteiger charge is 2.13. The minimum Gasteiger partial charge on any atom is -0.383 e. The Morgan fingerprint density at radius 2 is 1.85 bits per heavy atom. The van der Waals surface area contributed by atoms with Crippen molar-refractivity contribution in [2.24, 2.45) is 0 Å². The summed E-state index contributed by atoms with van der Waals surface area (Å²) in [5.74, 6) is -0.591. The van der Waals surface area contributed by atoms with Crippen LogP contribution >= 0.6 is 0 Å². The molecule has 0 bridgehead atoms. The second-order valence-electron chi connectivity index (χ2n) is 6.53. The van der Waals surface area contributed by atoms with Crippen molar-refractivity contribution in [1.82, 2.24) is 4.98 Å². The molecule has 0 saturated heterocycles. The van der Waals surface area contributed by atoms with E-state index in [1.54, 1.807) is 19.4 Å². The highest BCUT2D eigenvalue weighted by Crippen LogP contribution is 2.34. The maximum absolute atomic E-state index is 13.7. The summed E-state index contributed by atoms with van der Waals surface area (Å²) in [6, 6.07) is 10.1. The standard InChI is InChI=1S/C21H22F2N2O/c1-13(2)14-4-6-16-17(10-14)21(24-8-9-26-3)25-12-18(16)15-5-7-19(22)20(23)11-15/h4-7,10-13H,8-9H2,1-3H3,(H,24,25). The zero-order chi connectivity index (χ0) is 18.7. The molecule has 0 aliphatic rings. The van der Waals surface area contributed by atoms with E-state index in [-0.39, 0.29) is 0 Å². The van der Waals surface area contributed by atoms with Crippen molar-refractivity contribution in [3.63, 3.8) is 0 Å². The van der Waals surface area contributed by atoms with Gasteiger partial charge < -0.3 is 10.1 Å². The third kappa shape index (κ3) is 3.68. The Labute approximate surface area is 152 Å². The van der Waals surface area contributed by atoms with Crippen molar-refractivity contribution in [3.05, 3.63) is 59.8 Å². The number of halogens is 2. The Hall–Kier alpha value is -2.53. The maximum atomic E-state index is 13.7. The van der Waals surface area contributed by atoms with Crippen LogP contribution in [0.2, 0.25) is 0 Å². The second kappa shape index (κ2) is 7.79. The lowest BCUT2D eigenvalue weighted by Crippen LogP contribution is -2.09. The lowest BCUT2D eigenvalue weighted by atomic mass is 9.95. The minimum absolute atomic E-state index is 0.373. The van der Waals surface area contributed by atoms with Gasteiger partial charge >= 0.3 is 0 Å². The first-order valence-electron chi connectivity index (χ1n) is 8.62. The Kier molecular flexibility index (Phi) is 5.47. The Morgan fingerprint density at radius 1 is 1.04 bits per heavy atom. The number of hydrogen-bond acceptors (Lipinski definition) is 3. The molecule has 0 aliphatic heterocycles. The van der Waals surface area contributed by atoms with Gasteiger partial charge in [0.05, 0.1) is 6.61 Å². The summed E-state index contributed by atoms with van der Waals surface area (Å²) in [5, 5.41) is 5.18. The van der Waals surface area contributed by atoms with Crippen LogP contribution < -0.4 is 5.32 Å². The number of rotatable bonds is 6. The van der Waals surface area contributed by atoms with Gasteiger partial charge in [0.1, 0.15) is 5.82 Å². The number of fused-ring (bicyclic) bond motifs is 1. The van der Waals surface area contributed by atoms with Crippen LogP contribution in [-0.4, -0.2) is 25.2 Å². The topological polar surface area (TPSA) is 34.1 Å². The summed E-state index contributed by atoms with van der Waals surface area (Å²) in [5.41, 5.74) is 2.56. The third-order valence-electron chi connectivity index (χ3n) is 4.41. The van der Waals surface area contributed by atoms with Crippen LogP contribution in [-0.2, 0) is 4.74 Å². The number of pyridine rings is 1. The molecule has 26 heavy (non-hydrogen) atoms. The molecule has 0 saturated carbocycles. The van der Waals surface area contributed by atoms with E-state index in [2.05, 4.69) is 36.3 Å². The summed E-state index contributed by atoms with van der Waals surface area (Å²) < 4.78 is 32.1. The summed E-state index contributed by atoms with van der Waals surface area (Å²) >= 11 is 0. The van der Waals surface area contributed by atoms with Crippen LogP contribution in [0.5, 0.6) is 0 Å². The van der Waals surface area contributed by atoms with Gasteiger partial charge in [-0.3, -0.25) is 0 Å². The molecule has 1 N–H and O–H groups in total. The second-order valence-corrected chi connectivity index (χ2v) is 6.53. The Bertz CT molecular complexity index is 925. The van der Waals surface area contributed by atoms with E-state index in [1.165, 1.54) is 11.6 Å². The summed E-state index contributed by atoms with van der Waals surface area (Å²) in [4.78, 5) is 4.52. The predicted octanol–water partition coefficient (Wildman–Crippen LogP) is 5.36. The van der Waals surface area contributed by atoms with Crippen molar-refractivity contribution < 1.29 is 13.5 Å². The SMILES string of the molecule is COCCNc1ncc(-c2ccc(F)c(F)c2)c2ccc(C(C)C)cc12. The molecule has 0 atom stereocenters. The average molecular weight is 356 g/mol. The molecule has 3 rings (SSSR count). The molecule has 0 aliphatic carbocycles. The van der Waals surface area contributed by atoms with E-state index in [1.807, 2.05) is 6.07 Å². The van der Waals surface area contributed by atoms with Crippen LogP contribution in [0.3, 0.4) is 0 Å². The molecule has 0 spiro atoms. The number of benzene rings is 2. The average Bonchev–Trinajstić information content (AvgIpc) is 2.64. The lowest BCUT2D eigenvalue weighted by Gasteiger charge is -2.15. The molecule has 3 nitrogen and oxygen atoms in total. The highest BCUT2D eigenvalue weighted by atomic mass is 19.2. The van der Waals surface area contributed by atoms with Gasteiger partial charge in [0.2, 0.25) is 0 Å². The van der Waals surface area contributed by atoms with Crippen molar-refractivity contribution in [3.8, 4) is 11.1 Å². The number of nitrogens with zero attached hydrogens (tertiary/aromatic N) is 1. The van der Waals surface area contributed by atoms with E-state index in [0.717, 1.165) is 28.2 Å². The van der Waals surface area contributed by atoms with Crippen LogP contribution in [0.25, 0.3) is 21.9 Å². The quantitative estimate of drug-likeness (QED) is 0.604.